The van der Waals surface area contributed by atoms with Crippen molar-refractivity contribution in [2.45, 2.75) is 63.1 Å². The molecule has 0 aliphatic carbocycles. The Morgan fingerprint density at radius 3 is 2.07 bits per heavy atom. The first-order valence-corrected chi connectivity index (χ1v) is 13.9. The lowest BCUT2D eigenvalue weighted by Crippen LogP contribution is -2.52. The highest BCUT2D eigenvalue weighted by Gasteiger charge is 2.65. The van der Waals surface area contributed by atoms with E-state index in [0.29, 0.717) is 10.3 Å². The van der Waals surface area contributed by atoms with E-state index in [0.717, 1.165) is 0 Å². The molecule has 2 rings (SSSR count). The first kappa shape index (κ1) is 12.3. The highest BCUT2D eigenvalue weighted by atomic mass is 31.3. The molecule has 0 spiro atoms. The van der Waals surface area contributed by atoms with Crippen LogP contribution in [-0.2, 0) is 4.43 Å². The molecule has 0 aromatic heterocycles. The summed E-state index contributed by atoms with van der Waals surface area (Å²) in [5.41, 5.74) is 0. The van der Waals surface area contributed by atoms with Crippen LogP contribution in [0.1, 0.15) is 27.2 Å². The van der Waals surface area contributed by atoms with E-state index in [1.54, 1.807) is 0 Å². The SMILES string of the molecule is CC(C)(C)[Si]12CCC([Si](C)(C)C)(CP1)O2. The molecule has 2 fully saturated rings. The van der Waals surface area contributed by atoms with Gasteiger partial charge in [-0.2, -0.15) is 0 Å². The van der Waals surface area contributed by atoms with E-state index < -0.39 is 16.1 Å². The van der Waals surface area contributed by atoms with Crippen LogP contribution < -0.4 is 0 Å². The summed E-state index contributed by atoms with van der Waals surface area (Å²) >= 11 is 0. The van der Waals surface area contributed by atoms with Gasteiger partial charge in [-0.3, -0.25) is 0 Å². The summed E-state index contributed by atoms with van der Waals surface area (Å²) in [6, 6.07) is 1.44. The van der Waals surface area contributed by atoms with Crippen molar-refractivity contribution in [2.24, 2.45) is 0 Å². The van der Waals surface area contributed by atoms with Crippen molar-refractivity contribution >= 4 is 24.2 Å². The Bertz CT molecular complexity index is 241. The van der Waals surface area contributed by atoms with Crippen LogP contribution in [0.2, 0.25) is 30.7 Å². The molecule has 2 heterocycles. The van der Waals surface area contributed by atoms with Gasteiger partial charge in [-0.1, -0.05) is 40.4 Å². The van der Waals surface area contributed by atoms with Gasteiger partial charge in [0, 0.05) is 5.22 Å². The normalized spacial score (nSPS) is 42.8. The molecule has 3 unspecified atom stereocenters. The van der Waals surface area contributed by atoms with Gasteiger partial charge >= 0.3 is 0 Å². The van der Waals surface area contributed by atoms with Gasteiger partial charge in [-0.25, -0.2) is 0 Å². The van der Waals surface area contributed by atoms with Crippen molar-refractivity contribution in [3.05, 3.63) is 0 Å². The van der Waals surface area contributed by atoms with Gasteiger partial charge in [0.05, 0.1) is 8.07 Å². The van der Waals surface area contributed by atoms with Gasteiger partial charge in [0.2, 0.25) is 7.98 Å². The summed E-state index contributed by atoms with van der Waals surface area (Å²) in [4.78, 5) is 0. The minimum absolute atomic E-state index is 0.380. The molecule has 15 heavy (non-hydrogen) atoms. The molecule has 3 atom stereocenters. The lowest BCUT2D eigenvalue weighted by Gasteiger charge is -2.38. The van der Waals surface area contributed by atoms with Crippen molar-refractivity contribution in [1.82, 2.24) is 0 Å². The fraction of sp³-hybridized carbons (Fsp3) is 1.00. The van der Waals surface area contributed by atoms with Crippen molar-refractivity contribution in [2.75, 3.05) is 6.16 Å². The molecule has 2 bridgehead atoms. The Morgan fingerprint density at radius 2 is 1.87 bits per heavy atom. The predicted molar refractivity (Wildman–Crippen MR) is 75.2 cm³/mol. The van der Waals surface area contributed by atoms with Gasteiger partial charge in [0.15, 0.2) is 0 Å². The van der Waals surface area contributed by atoms with Crippen LogP contribution in [0.25, 0.3) is 0 Å². The fourth-order valence-electron chi connectivity index (χ4n) is 2.93. The van der Waals surface area contributed by atoms with Crippen molar-refractivity contribution in [3.8, 4) is 0 Å². The predicted octanol–water partition coefficient (Wildman–Crippen LogP) is 3.96. The van der Waals surface area contributed by atoms with E-state index in [4.69, 9.17) is 4.43 Å². The van der Waals surface area contributed by atoms with Gasteiger partial charge in [-0.05, 0) is 23.7 Å². The van der Waals surface area contributed by atoms with Gasteiger partial charge < -0.3 is 4.43 Å². The number of hydrogen-bond donors (Lipinski definition) is 0. The molecule has 4 heteroatoms. The molecule has 0 N–H and O–H groups in total. The lowest BCUT2D eigenvalue weighted by atomic mass is 10.2. The van der Waals surface area contributed by atoms with Crippen LogP contribution in [0.15, 0.2) is 0 Å². The number of hydrogen-bond acceptors (Lipinski definition) is 1. The Kier molecular flexibility index (Phi) is 2.61. The molecule has 0 saturated carbocycles. The van der Waals surface area contributed by atoms with E-state index in [1.165, 1.54) is 26.8 Å². The molecule has 1 nitrogen and oxygen atoms in total. The minimum atomic E-state index is -1.35. The zero-order chi connectivity index (χ0) is 11.5. The monoisotopic (exact) mass is 260 g/mol. The summed E-state index contributed by atoms with van der Waals surface area (Å²) in [5, 5.41) is 0.842. The van der Waals surface area contributed by atoms with Crippen LogP contribution in [0, 0.1) is 0 Å². The number of fused-ring (bicyclic) bond motifs is 2. The third kappa shape index (κ3) is 1.62. The third-order valence-corrected chi connectivity index (χ3v) is 19.3. The second-order valence-corrected chi connectivity index (χ2v) is 20.7. The van der Waals surface area contributed by atoms with E-state index >= 15 is 0 Å². The Labute approximate surface area is 98.1 Å². The molecule has 2 aliphatic rings. The van der Waals surface area contributed by atoms with Crippen molar-refractivity contribution < 1.29 is 4.43 Å². The molecule has 0 radical (unpaired) electrons. The topological polar surface area (TPSA) is 9.23 Å². The molecule has 88 valence electrons. The molecular weight excluding hydrogens is 235 g/mol. The van der Waals surface area contributed by atoms with E-state index in [2.05, 4.69) is 40.4 Å². The highest BCUT2D eigenvalue weighted by Crippen LogP contribution is 2.65. The quantitative estimate of drug-likeness (QED) is 0.512. The summed E-state index contributed by atoms with van der Waals surface area (Å²) in [7, 11) is -1.33. The minimum Gasteiger partial charge on any atom is -0.409 e. The molecule has 2 aliphatic heterocycles. The van der Waals surface area contributed by atoms with Crippen molar-refractivity contribution in [1.29, 1.82) is 0 Å². The first-order valence-electron chi connectivity index (χ1n) is 6.07. The van der Waals surface area contributed by atoms with E-state index in [1.807, 2.05) is 0 Å². The van der Waals surface area contributed by atoms with Crippen LogP contribution in [0.5, 0.6) is 0 Å². The third-order valence-electron chi connectivity index (χ3n) is 4.49. The zero-order valence-corrected chi connectivity index (χ0v) is 14.0. The highest BCUT2D eigenvalue weighted by molar-refractivity contribution is 7.82. The Balaban J connectivity index is 2.29. The van der Waals surface area contributed by atoms with Crippen LogP contribution >= 0.6 is 8.13 Å². The summed E-state index contributed by atoms with van der Waals surface area (Å²) < 4.78 is 6.79. The summed E-state index contributed by atoms with van der Waals surface area (Å²) in [6.45, 7) is 14.7. The maximum atomic E-state index is 6.79. The largest absolute Gasteiger partial charge is 0.409 e. The fourth-order valence-corrected chi connectivity index (χ4v) is 18.5. The zero-order valence-electron chi connectivity index (χ0n) is 11.0. The standard InChI is InChI=1S/C11H25OPSi2/c1-10(2,3)15-8-7-11(12-15,9-13-15)14(4,5)6/h13H,7-9H2,1-6H3. The summed E-state index contributed by atoms with van der Waals surface area (Å²) in [5.74, 6) is 0. The lowest BCUT2D eigenvalue weighted by molar-refractivity contribution is 0.195. The molecule has 2 saturated heterocycles. The van der Waals surface area contributed by atoms with E-state index in [-0.39, 0.29) is 0 Å². The van der Waals surface area contributed by atoms with Crippen LogP contribution in [-0.4, -0.2) is 27.4 Å². The summed E-state index contributed by atoms with van der Waals surface area (Å²) in [6.07, 6.45) is 2.80. The Hall–Kier alpha value is 0.824. The molecule has 0 aromatic rings. The van der Waals surface area contributed by atoms with Gasteiger partial charge in [0.25, 0.3) is 0 Å². The second-order valence-electron chi connectivity index (χ2n) is 7.28. The van der Waals surface area contributed by atoms with E-state index in [9.17, 15) is 0 Å². The van der Waals surface area contributed by atoms with Crippen molar-refractivity contribution in [3.63, 3.8) is 0 Å². The van der Waals surface area contributed by atoms with Crippen LogP contribution in [0.4, 0.5) is 0 Å². The van der Waals surface area contributed by atoms with Crippen LogP contribution in [0.3, 0.4) is 0 Å². The maximum absolute atomic E-state index is 6.79. The average molecular weight is 260 g/mol. The molecule has 0 amide bonds. The number of rotatable bonds is 1. The maximum Gasteiger partial charge on any atom is 0.221 e. The van der Waals surface area contributed by atoms with Gasteiger partial charge in [0.1, 0.15) is 0 Å². The average Bonchev–Trinajstić information content (AvgIpc) is 2.57. The Morgan fingerprint density at radius 1 is 1.27 bits per heavy atom. The second kappa shape index (κ2) is 3.18. The molecule has 0 aromatic carbocycles. The smallest absolute Gasteiger partial charge is 0.221 e. The van der Waals surface area contributed by atoms with Gasteiger partial charge in [-0.15, -0.1) is 8.13 Å². The first-order chi connectivity index (χ1) is 6.62. The molecular formula is C11H25OPSi2.